The highest BCUT2D eigenvalue weighted by atomic mass is 16.1. The zero-order chi connectivity index (χ0) is 11.4. The van der Waals surface area contributed by atoms with Gasteiger partial charge in [-0.25, -0.2) is 0 Å². The Balaban J connectivity index is 1.95. The van der Waals surface area contributed by atoms with E-state index in [-0.39, 0.29) is 5.91 Å². The number of carbonyl (C=O) groups is 1. The fourth-order valence-corrected chi connectivity index (χ4v) is 1.37. The van der Waals surface area contributed by atoms with Crippen molar-refractivity contribution in [3.05, 3.63) is 42.1 Å². The molecule has 2 aromatic rings. The fraction of sp³-hybridized carbons (Fsp3) is 0.182. The summed E-state index contributed by atoms with van der Waals surface area (Å²) in [5, 5.41) is 10.5. The van der Waals surface area contributed by atoms with Crippen molar-refractivity contribution in [2.45, 2.75) is 6.42 Å². The molecule has 1 aromatic carbocycles. The summed E-state index contributed by atoms with van der Waals surface area (Å²) in [5.74, 6) is 0.384. The molecule has 0 aliphatic rings. The van der Waals surface area contributed by atoms with Crippen molar-refractivity contribution in [2.24, 2.45) is 7.05 Å². The summed E-state index contributed by atoms with van der Waals surface area (Å²) in [4.78, 5) is 13.0. The van der Waals surface area contributed by atoms with Crippen molar-refractivity contribution in [3.63, 3.8) is 0 Å². The molecule has 0 saturated carbocycles. The third-order valence-corrected chi connectivity index (χ3v) is 2.07. The van der Waals surface area contributed by atoms with Crippen molar-refractivity contribution in [3.8, 4) is 0 Å². The minimum Gasteiger partial charge on any atom is -0.308 e. The summed E-state index contributed by atoms with van der Waals surface area (Å²) in [7, 11) is 1.70. The Morgan fingerprint density at radius 3 is 2.75 bits per heavy atom. The third kappa shape index (κ3) is 2.66. The summed E-state index contributed by atoms with van der Waals surface area (Å²) in [6, 6.07) is 9.56. The normalized spacial score (nSPS) is 10.1. The van der Waals surface area contributed by atoms with E-state index in [1.165, 1.54) is 11.0 Å². The van der Waals surface area contributed by atoms with Gasteiger partial charge in [-0.05, 0) is 5.56 Å². The lowest BCUT2D eigenvalue weighted by atomic mass is 10.1. The molecule has 0 fully saturated rings. The zero-order valence-corrected chi connectivity index (χ0v) is 8.92. The second-order valence-electron chi connectivity index (χ2n) is 3.43. The van der Waals surface area contributed by atoms with E-state index in [2.05, 4.69) is 15.5 Å². The maximum Gasteiger partial charge on any atom is 0.230 e. The number of rotatable bonds is 3. The molecule has 0 aliphatic heterocycles. The molecule has 0 spiro atoms. The fourth-order valence-electron chi connectivity index (χ4n) is 1.37. The Kier molecular flexibility index (Phi) is 2.95. The number of aryl methyl sites for hydroxylation is 1. The molecule has 0 saturated heterocycles. The van der Waals surface area contributed by atoms with Crippen LogP contribution < -0.4 is 5.32 Å². The summed E-state index contributed by atoms with van der Waals surface area (Å²) in [5.41, 5.74) is 0.976. The number of aromatic nitrogens is 3. The standard InChI is InChI=1S/C11H12N4O/c1-15-12-8-10(14-15)13-11(16)7-9-5-3-2-4-6-9/h2-6,8H,7H2,1H3,(H,13,14,16). The lowest BCUT2D eigenvalue weighted by Crippen LogP contribution is -2.14. The first-order chi connectivity index (χ1) is 7.74. The maximum atomic E-state index is 11.6. The number of carbonyl (C=O) groups excluding carboxylic acids is 1. The van der Waals surface area contributed by atoms with E-state index >= 15 is 0 Å². The summed E-state index contributed by atoms with van der Waals surface area (Å²) < 4.78 is 0. The monoisotopic (exact) mass is 216 g/mol. The van der Waals surface area contributed by atoms with E-state index in [1.54, 1.807) is 7.05 Å². The van der Waals surface area contributed by atoms with Crippen LogP contribution in [0.5, 0.6) is 0 Å². The van der Waals surface area contributed by atoms with Crippen molar-refractivity contribution >= 4 is 11.7 Å². The van der Waals surface area contributed by atoms with E-state index in [4.69, 9.17) is 0 Å². The molecular weight excluding hydrogens is 204 g/mol. The number of anilines is 1. The number of benzene rings is 1. The summed E-state index contributed by atoms with van der Waals surface area (Å²) in [6.07, 6.45) is 1.86. The predicted octanol–water partition coefficient (Wildman–Crippen LogP) is 0.996. The SMILES string of the molecule is Cn1ncc(NC(=O)Cc2ccccc2)n1. The van der Waals surface area contributed by atoms with Gasteiger partial charge in [-0.3, -0.25) is 4.79 Å². The first-order valence-electron chi connectivity index (χ1n) is 4.94. The van der Waals surface area contributed by atoms with E-state index in [0.717, 1.165) is 5.56 Å². The largest absolute Gasteiger partial charge is 0.308 e. The highest BCUT2D eigenvalue weighted by Crippen LogP contribution is 2.03. The van der Waals surface area contributed by atoms with Crippen LogP contribution in [0.25, 0.3) is 0 Å². The van der Waals surface area contributed by atoms with Gasteiger partial charge in [0.05, 0.1) is 12.6 Å². The molecule has 1 heterocycles. The van der Waals surface area contributed by atoms with Gasteiger partial charge in [-0.2, -0.15) is 9.90 Å². The molecule has 1 amide bonds. The van der Waals surface area contributed by atoms with Crippen LogP contribution in [0.15, 0.2) is 36.5 Å². The van der Waals surface area contributed by atoms with Gasteiger partial charge >= 0.3 is 0 Å². The number of hydrogen-bond acceptors (Lipinski definition) is 3. The zero-order valence-electron chi connectivity index (χ0n) is 8.92. The van der Waals surface area contributed by atoms with Gasteiger partial charge in [0.1, 0.15) is 0 Å². The quantitative estimate of drug-likeness (QED) is 0.832. The Labute approximate surface area is 93.1 Å². The Hall–Kier alpha value is -2.17. The Morgan fingerprint density at radius 1 is 1.38 bits per heavy atom. The van der Waals surface area contributed by atoms with Gasteiger partial charge in [0.2, 0.25) is 5.91 Å². The Bertz CT molecular complexity index is 478. The van der Waals surface area contributed by atoms with Crippen molar-refractivity contribution in [2.75, 3.05) is 5.32 Å². The summed E-state index contributed by atoms with van der Waals surface area (Å²) in [6.45, 7) is 0. The minimum absolute atomic E-state index is 0.0910. The van der Waals surface area contributed by atoms with Crippen LogP contribution in [0.2, 0.25) is 0 Å². The van der Waals surface area contributed by atoms with Gasteiger partial charge in [-0.1, -0.05) is 30.3 Å². The number of hydrogen-bond donors (Lipinski definition) is 1. The molecule has 2 rings (SSSR count). The van der Waals surface area contributed by atoms with Crippen LogP contribution in [0.4, 0.5) is 5.82 Å². The molecule has 1 N–H and O–H groups in total. The van der Waals surface area contributed by atoms with E-state index in [1.807, 2.05) is 30.3 Å². The van der Waals surface area contributed by atoms with Gasteiger partial charge in [-0.15, -0.1) is 5.10 Å². The molecule has 0 unspecified atom stereocenters. The highest BCUT2D eigenvalue weighted by Gasteiger charge is 2.05. The molecule has 1 aromatic heterocycles. The molecule has 0 aliphatic carbocycles. The second-order valence-corrected chi connectivity index (χ2v) is 3.43. The first-order valence-corrected chi connectivity index (χ1v) is 4.94. The van der Waals surface area contributed by atoms with Crippen molar-refractivity contribution in [1.82, 2.24) is 15.0 Å². The van der Waals surface area contributed by atoms with Gasteiger partial charge in [0, 0.05) is 7.05 Å². The molecule has 0 radical (unpaired) electrons. The lowest BCUT2D eigenvalue weighted by Gasteiger charge is -2.01. The van der Waals surface area contributed by atoms with Crippen LogP contribution in [0.1, 0.15) is 5.56 Å². The van der Waals surface area contributed by atoms with Crippen LogP contribution in [-0.4, -0.2) is 20.9 Å². The topological polar surface area (TPSA) is 59.8 Å². The number of nitrogens with one attached hydrogen (secondary N) is 1. The maximum absolute atomic E-state index is 11.6. The van der Waals surface area contributed by atoms with E-state index < -0.39 is 0 Å². The molecular formula is C11H12N4O. The molecule has 0 atom stereocenters. The van der Waals surface area contributed by atoms with Gasteiger partial charge < -0.3 is 5.32 Å². The molecule has 5 heteroatoms. The minimum atomic E-state index is -0.0910. The number of amides is 1. The molecule has 16 heavy (non-hydrogen) atoms. The van der Waals surface area contributed by atoms with Crippen molar-refractivity contribution in [1.29, 1.82) is 0 Å². The second kappa shape index (κ2) is 4.57. The van der Waals surface area contributed by atoms with Crippen LogP contribution in [-0.2, 0) is 18.3 Å². The van der Waals surface area contributed by atoms with Gasteiger partial charge in [0.25, 0.3) is 0 Å². The first kappa shape index (κ1) is 10.4. The highest BCUT2D eigenvalue weighted by molar-refractivity contribution is 5.91. The average molecular weight is 216 g/mol. The van der Waals surface area contributed by atoms with E-state index in [0.29, 0.717) is 12.2 Å². The average Bonchev–Trinajstić information content (AvgIpc) is 2.65. The van der Waals surface area contributed by atoms with Crippen LogP contribution >= 0.6 is 0 Å². The third-order valence-electron chi connectivity index (χ3n) is 2.07. The molecule has 82 valence electrons. The van der Waals surface area contributed by atoms with E-state index in [9.17, 15) is 4.79 Å². The Morgan fingerprint density at radius 2 is 2.12 bits per heavy atom. The molecule has 5 nitrogen and oxygen atoms in total. The van der Waals surface area contributed by atoms with Crippen LogP contribution in [0, 0.1) is 0 Å². The van der Waals surface area contributed by atoms with Gasteiger partial charge in [0.15, 0.2) is 5.82 Å². The summed E-state index contributed by atoms with van der Waals surface area (Å²) >= 11 is 0. The number of nitrogens with zero attached hydrogens (tertiary/aromatic N) is 3. The molecule has 0 bridgehead atoms. The smallest absolute Gasteiger partial charge is 0.230 e. The predicted molar refractivity (Wildman–Crippen MR) is 59.8 cm³/mol. The van der Waals surface area contributed by atoms with Crippen molar-refractivity contribution < 1.29 is 4.79 Å². The lowest BCUT2D eigenvalue weighted by molar-refractivity contribution is -0.115. The van der Waals surface area contributed by atoms with Crippen LogP contribution in [0.3, 0.4) is 0 Å².